The molecule has 1 aromatic heterocycles. The van der Waals surface area contributed by atoms with Crippen LogP contribution in [0.5, 0.6) is 0 Å². The van der Waals surface area contributed by atoms with Gasteiger partial charge in [-0.05, 0) is 29.8 Å². The van der Waals surface area contributed by atoms with Crippen LogP contribution >= 0.6 is 15.9 Å². The Morgan fingerprint density at radius 3 is 2.78 bits per heavy atom. The Labute approximate surface area is 112 Å². The summed E-state index contributed by atoms with van der Waals surface area (Å²) in [6, 6.07) is 12.7. The van der Waals surface area contributed by atoms with Crippen LogP contribution in [-0.2, 0) is 5.33 Å². The average Bonchev–Trinajstić information content (AvgIpc) is 2.82. The minimum absolute atomic E-state index is 0.265. The number of aromatic nitrogens is 2. The number of nitrogens with one attached hydrogen (secondary N) is 1. The fourth-order valence-corrected chi connectivity index (χ4v) is 2.27. The van der Waals surface area contributed by atoms with Crippen LogP contribution in [0.1, 0.15) is 5.56 Å². The van der Waals surface area contributed by atoms with Gasteiger partial charge in [-0.2, -0.15) is 0 Å². The molecule has 0 saturated heterocycles. The van der Waals surface area contributed by atoms with Crippen LogP contribution in [0.4, 0.5) is 4.39 Å². The molecule has 0 unspecified atom stereocenters. The standard InChI is InChI=1S/C14H10BrFN2/c15-8-9-5-6-11(16)10(7-9)14-17-12-3-1-2-4-13(12)18-14/h1-7H,8H2,(H,17,18). The molecule has 4 heteroatoms. The zero-order valence-electron chi connectivity index (χ0n) is 9.45. The summed E-state index contributed by atoms with van der Waals surface area (Å²) in [6.07, 6.45) is 0. The Kier molecular flexibility index (Phi) is 2.88. The molecule has 0 saturated carbocycles. The maximum atomic E-state index is 13.8. The normalized spacial score (nSPS) is 11.0. The second-order valence-corrected chi connectivity index (χ2v) is 4.61. The lowest BCUT2D eigenvalue weighted by Crippen LogP contribution is -1.88. The summed E-state index contributed by atoms with van der Waals surface area (Å²) < 4.78 is 13.8. The number of hydrogen-bond donors (Lipinski definition) is 1. The quantitative estimate of drug-likeness (QED) is 0.704. The third-order valence-corrected chi connectivity index (χ3v) is 3.48. The maximum Gasteiger partial charge on any atom is 0.141 e. The number of hydrogen-bond acceptors (Lipinski definition) is 1. The van der Waals surface area contributed by atoms with Crippen LogP contribution in [0.25, 0.3) is 22.4 Å². The Morgan fingerprint density at radius 2 is 2.00 bits per heavy atom. The molecule has 3 aromatic rings. The van der Waals surface area contributed by atoms with Gasteiger partial charge in [-0.25, -0.2) is 9.37 Å². The Bertz CT molecular complexity index is 673. The van der Waals surface area contributed by atoms with Crippen molar-refractivity contribution >= 4 is 27.0 Å². The number of aromatic amines is 1. The molecule has 1 heterocycles. The second-order valence-electron chi connectivity index (χ2n) is 4.05. The first kappa shape index (κ1) is 11.4. The summed E-state index contributed by atoms with van der Waals surface area (Å²) in [7, 11) is 0. The number of nitrogens with zero attached hydrogens (tertiary/aromatic N) is 1. The summed E-state index contributed by atoms with van der Waals surface area (Å²) in [5, 5.41) is 0.695. The Balaban J connectivity index is 2.19. The molecule has 0 aliphatic heterocycles. The lowest BCUT2D eigenvalue weighted by atomic mass is 10.1. The van der Waals surface area contributed by atoms with E-state index in [0.717, 1.165) is 16.6 Å². The predicted octanol–water partition coefficient (Wildman–Crippen LogP) is 4.26. The van der Waals surface area contributed by atoms with E-state index in [1.54, 1.807) is 6.07 Å². The van der Waals surface area contributed by atoms with E-state index >= 15 is 0 Å². The van der Waals surface area contributed by atoms with Crippen molar-refractivity contribution in [2.45, 2.75) is 5.33 Å². The number of halogens is 2. The molecule has 0 bridgehead atoms. The summed E-state index contributed by atoms with van der Waals surface area (Å²) in [5.41, 5.74) is 3.28. The van der Waals surface area contributed by atoms with E-state index in [9.17, 15) is 4.39 Å². The first-order valence-corrected chi connectivity index (χ1v) is 6.69. The number of rotatable bonds is 2. The lowest BCUT2D eigenvalue weighted by molar-refractivity contribution is 0.630. The number of fused-ring (bicyclic) bond motifs is 1. The highest BCUT2D eigenvalue weighted by molar-refractivity contribution is 9.08. The summed E-state index contributed by atoms with van der Waals surface area (Å²) in [5.74, 6) is 0.301. The SMILES string of the molecule is Fc1ccc(CBr)cc1-c1nc2ccccc2[nH]1. The van der Waals surface area contributed by atoms with Crippen LogP contribution < -0.4 is 0 Å². The lowest BCUT2D eigenvalue weighted by Gasteiger charge is -2.01. The molecule has 0 atom stereocenters. The molecule has 0 aliphatic rings. The van der Waals surface area contributed by atoms with E-state index in [4.69, 9.17) is 0 Å². The number of para-hydroxylation sites is 2. The van der Waals surface area contributed by atoms with Crippen LogP contribution in [0.2, 0.25) is 0 Å². The molecule has 0 fully saturated rings. The third kappa shape index (κ3) is 1.93. The molecule has 3 rings (SSSR count). The Hall–Kier alpha value is -1.68. The number of alkyl halides is 1. The number of benzene rings is 2. The topological polar surface area (TPSA) is 28.7 Å². The van der Waals surface area contributed by atoms with E-state index in [1.165, 1.54) is 6.07 Å². The first-order chi connectivity index (χ1) is 8.78. The van der Waals surface area contributed by atoms with Gasteiger partial charge >= 0.3 is 0 Å². The highest BCUT2D eigenvalue weighted by Crippen LogP contribution is 2.24. The van der Waals surface area contributed by atoms with Crippen molar-refractivity contribution in [2.75, 3.05) is 0 Å². The van der Waals surface area contributed by atoms with Crippen molar-refractivity contribution in [3.05, 3.63) is 53.8 Å². The van der Waals surface area contributed by atoms with Crippen LogP contribution in [0.3, 0.4) is 0 Å². The first-order valence-electron chi connectivity index (χ1n) is 5.57. The largest absolute Gasteiger partial charge is 0.338 e. The summed E-state index contributed by atoms with van der Waals surface area (Å²) >= 11 is 3.37. The minimum Gasteiger partial charge on any atom is -0.338 e. The van der Waals surface area contributed by atoms with E-state index in [0.29, 0.717) is 16.7 Å². The van der Waals surface area contributed by atoms with Crippen molar-refractivity contribution < 1.29 is 4.39 Å². The van der Waals surface area contributed by atoms with Crippen LogP contribution in [-0.4, -0.2) is 9.97 Å². The fraction of sp³-hybridized carbons (Fsp3) is 0.0714. The predicted molar refractivity (Wildman–Crippen MR) is 74.1 cm³/mol. The molecule has 1 N–H and O–H groups in total. The van der Waals surface area contributed by atoms with Crippen molar-refractivity contribution in [1.29, 1.82) is 0 Å². The van der Waals surface area contributed by atoms with Gasteiger partial charge in [0.25, 0.3) is 0 Å². The van der Waals surface area contributed by atoms with Gasteiger partial charge in [0.2, 0.25) is 0 Å². The van der Waals surface area contributed by atoms with Gasteiger partial charge in [-0.15, -0.1) is 0 Å². The van der Waals surface area contributed by atoms with Gasteiger partial charge in [0.05, 0.1) is 16.6 Å². The molecule has 0 aliphatic carbocycles. The monoisotopic (exact) mass is 304 g/mol. The minimum atomic E-state index is -0.265. The highest BCUT2D eigenvalue weighted by Gasteiger charge is 2.10. The Morgan fingerprint density at radius 1 is 1.17 bits per heavy atom. The van der Waals surface area contributed by atoms with E-state index in [2.05, 4.69) is 25.9 Å². The van der Waals surface area contributed by atoms with Gasteiger partial charge in [0.1, 0.15) is 11.6 Å². The molecule has 0 amide bonds. The molecule has 18 heavy (non-hydrogen) atoms. The third-order valence-electron chi connectivity index (χ3n) is 2.83. The van der Waals surface area contributed by atoms with Gasteiger partial charge in [0, 0.05) is 5.33 Å². The van der Waals surface area contributed by atoms with Gasteiger partial charge in [-0.1, -0.05) is 34.1 Å². The zero-order valence-corrected chi connectivity index (χ0v) is 11.0. The molecule has 2 nitrogen and oxygen atoms in total. The van der Waals surface area contributed by atoms with Crippen molar-refractivity contribution in [3.63, 3.8) is 0 Å². The van der Waals surface area contributed by atoms with Crippen LogP contribution in [0.15, 0.2) is 42.5 Å². The average molecular weight is 305 g/mol. The molecule has 2 aromatic carbocycles. The fourth-order valence-electron chi connectivity index (χ4n) is 1.92. The summed E-state index contributed by atoms with van der Waals surface area (Å²) in [4.78, 5) is 7.55. The second kappa shape index (κ2) is 4.53. The van der Waals surface area contributed by atoms with E-state index < -0.39 is 0 Å². The van der Waals surface area contributed by atoms with Crippen molar-refractivity contribution in [3.8, 4) is 11.4 Å². The molecule has 0 spiro atoms. The molecular formula is C14H10BrFN2. The van der Waals surface area contributed by atoms with Gasteiger partial charge in [0.15, 0.2) is 0 Å². The smallest absolute Gasteiger partial charge is 0.141 e. The van der Waals surface area contributed by atoms with Crippen molar-refractivity contribution in [2.24, 2.45) is 0 Å². The number of imidazole rings is 1. The van der Waals surface area contributed by atoms with Gasteiger partial charge in [-0.3, -0.25) is 0 Å². The van der Waals surface area contributed by atoms with Gasteiger partial charge < -0.3 is 4.98 Å². The van der Waals surface area contributed by atoms with Crippen molar-refractivity contribution in [1.82, 2.24) is 9.97 Å². The molecule has 90 valence electrons. The van der Waals surface area contributed by atoms with E-state index in [1.807, 2.05) is 30.3 Å². The summed E-state index contributed by atoms with van der Waals surface area (Å²) in [6.45, 7) is 0. The molecular weight excluding hydrogens is 295 g/mol. The molecule has 0 radical (unpaired) electrons. The van der Waals surface area contributed by atoms with E-state index in [-0.39, 0.29) is 5.82 Å². The highest BCUT2D eigenvalue weighted by atomic mass is 79.9. The number of H-pyrrole nitrogens is 1. The maximum absolute atomic E-state index is 13.8. The van der Waals surface area contributed by atoms with Crippen LogP contribution in [0, 0.1) is 5.82 Å². The zero-order chi connectivity index (χ0) is 12.5.